The lowest BCUT2D eigenvalue weighted by Crippen LogP contribution is -2.36. The van der Waals surface area contributed by atoms with E-state index in [0.717, 1.165) is 0 Å². The average Bonchev–Trinajstić information content (AvgIpc) is 2.39. The van der Waals surface area contributed by atoms with Crippen LogP contribution in [0.2, 0.25) is 0 Å². The number of nitrogens with one attached hydrogen (secondary N) is 1. The molecule has 0 aromatic heterocycles. The number of carbonyl (C=O) groups excluding carboxylic acids is 1. The van der Waals surface area contributed by atoms with E-state index >= 15 is 0 Å². The van der Waals surface area contributed by atoms with Gasteiger partial charge in [0.15, 0.2) is 0 Å². The summed E-state index contributed by atoms with van der Waals surface area (Å²) in [6, 6.07) is 7.38. The molecule has 3 heteroatoms. The molecule has 102 valence electrons. The summed E-state index contributed by atoms with van der Waals surface area (Å²) in [7, 11) is 0. The molecule has 0 aliphatic carbocycles. The number of carbonyl (C=O) groups is 1. The monoisotopic (exact) mass is 259 g/mol. The Morgan fingerprint density at radius 1 is 1.32 bits per heavy atom. The van der Waals surface area contributed by atoms with Crippen molar-refractivity contribution < 1.29 is 9.90 Å². The van der Waals surface area contributed by atoms with E-state index < -0.39 is 0 Å². The Balaban J connectivity index is 2.89. The van der Waals surface area contributed by atoms with Gasteiger partial charge in [-0.25, -0.2) is 0 Å². The zero-order valence-electron chi connectivity index (χ0n) is 11.7. The van der Waals surface area contributed by atoms with E-state index in [4.69, 9.17) is 5.11 Å². The molecule has 2 N–H and O–H groups in total. The van der Waals surface area contributed by atoms with Crippen molar-refractivity contribution in [1.29, 1.82) is 0 Å². The van der Waals surface area contributed by atoms with Gasteiger partial charge in [0.05, 0.1) is 12.2 Å². The number of benzene rings is 1. The van der Waals surface area contributed by atoms with Gasteiger partial charge in [0.1, 0.15) is 0 Å². The lowest BCUT2D eigenvalue weighted by Gasteiger charge is -2.17. The van der Waals surface area contributed by atoms with Crippen LogP contribution in [0.15, 0.2) is 24.3 Å². The van der Waals surface area contributed by atoms with Crippen LogP contribution in [0.4, 0.5) is 0 Å². The first-order chi connectivity index (χ1) is 9.06. The second-order valence-electron chi connectivity index (χ2n) is 4.83. The second-order valence-corrected chi connectivity index (χ2v) is 4.83. The Hall–Kier alpha value is -1.79. The van der Waals surface area contributed by atoms with Gasteiger partial charge in [0.25, 0.3) is 5.91 Å². The van der Waals surface area contributed by atoms with Gasteiger partial charge in [-0.15, -0.1) is 0 Å². The molecule has 0 saturated heterocycles. The number of aliphatic hydroxyl groups is 1. The lowest BCUT2D eigenvalue weighted by molar-refractivity contribution is 0.0930. The first-order valence-corrected chi connectivity index (χ1v) is 6.56. The molecule has 0 saturated carbocycles. The maximum atomic E-state index is 12.2. The van der Waals surface area contributed by atoms with E-state index in [1.165, 1.54) is 0 Å². The molecule has 19 heavy (non-hydrogen) atoms. The molecule has 1 aromatic carbocycles. The molecule has 0 aliphatic heterocycles. The fourth-order valence-corrected chi connectivity index (χ4v) is 1.45. The maximum absolute atomic E-state index is 12.2. The highest BCUT2D eigenvalue weighted by molar-refractivity contribution is 5.96. The Kier molecular flexibility index (Phi) is 6.11. The molecule has 0 fully saturated rings. The van der Waals surface area contributed by atoms with Crippen LogP contribution in [0, 0.1) is 17.8 Å². The topological polar surface area (TPSA) is 49.3 Å². The minimum atomic E-state index is -0.102. The number of hydrogen-bond donors (Lipinski definition) is 2. The normalized spacial score (nSPS) is 11.6. The van der Waals surface area contributed by atoms with Gasteiger partial charge >= 0.3 is 0 Å². The van der Waals surface area contributed by atoms with Crippen LogP contribution in [0.1, 0.15) is 43.1 Å². The summed E-state index contributed by atoms with van der Waals surface area (Å²) in [4.78, 5) is 12.2. The Labute approximate surface area is 115 Å². The van der Waals surface area contributed by atoms with Gasteiger partial charge in [0.2, 0.25) is 0 Å². The van der Waals surface area contributed by atoms with Crippen LogP contribution in [-0.2, 0) is 0 Å². The molecular formula is C16H21NO2. The molecule has 0 radical (unpaired) electrons. The third-order valence-corrected chi connectivity index (χ3v) is 2.99. The Morgan fingerprint density at radius 3 is 2.63 bits per heavy atom. The summed E-state index contributed by atoms with van der Waals surface area (Å²) in [6.07, 6.45) is 0.415. The van der Waals surface area contributed by atoms with Gasteiger partial charge in [0, 0.05) is 18.0 Å². The molecule has 0 heterocycles. The van der Waals surface area contributed by atoms with Crippen LogP contribution >= 0.6 is 0 Å². The van der Waals surface area contributed by atoms with E-state index in [1.54, 1.807) is 6.07 Å². The van der Waals surface area contributed by atoms with Gasteiger partial charge < -0.3 is 10.4 Å². The van der Waals surface area contributed by atoms with Gasteiger partial charge in [-0.05, 0) is 25.0 Å². The largest absolute Gasteiger partial charge is 0.395 e. The third kappa shape index (κ3) is 4.76. The van der Waals surface area contributed by atoms with Crippen molar-refractivity contribution in [3.63, 3.8) is 0 Å². The van der Waals surface area contributed by atoms with E-state index in [-0.39, 0.29) is 18.6 Å². The summed E-state index contributed by atoms with van der Waals surface area (Å²) in [6.45, 7) is 6.16. The van der Waals surface area contributed by atoms with E-state index in [2.05, 4.69) is 31.0 Å². The van der Waals surface area contributed by atoms with Crippen molar-refractivity contribution >= 4 is 5.91 Å². The Morgan fingerprint density at radius 2 is 2.00 bits per heavy atom. The maximum Gasteiger partial charge on any atom is 0.252 e. The molecule has 0 spiro atoms. The van der Waals surface area contributed by atoms with Crippen molar-refractivity contribution in [2.45, 2.75) is 33.2 Å². The van der Waals surface area contributed by atoms with Gasteiger partial charge in [-0.1, -0.05) is 37.8 Å². The minimum Gasteiger partial charge on any atom is -0.395 e. The predicted octanol–water partition coefficient (Wildman–Crippen LogP) is 2.19. The van der Waals surface area contributed by atoms with Crippen LogP contribution in [-0.4, -0.2) is 23.7 Å². The van der Waals surface area contributed by atoms with Crippen LogP contribution < -0.4 is 5.32 Å². The standard InChI is InChI=1S/C16H21NO2/c1-12(2)13(3)17-16(19)15-10-5-4-8-14(15)9-6-7-11-18/h4-5,8,10,12-13,18H,7,11H2,1-3H3,(H,17,19). The molecule has 1 aromatic rings. The molecular weight excluding hydrogens is 238 g/mol. The fourth-order valence-electron chi connectivity index (χ4n) is 1.45. The molecule has 1 amide bonds. The van der Waals surface area contributed by atoms with Crippen LogP contribution in [0.5, 0.6) is 0 Å². The highest BCUT2D eigenvalue weighted by atomic mass is 16.2. The number of rotatable bonds is 4. The quantitative estimate of drug-likeness (QED) is 0.814. The highest BCUT2D eigenvalue weighted by Gasteiger charge is 2.14. The fraction of sp³-hybridized carbons (Fsp3) is 0.438. The van der Waals surface area contributed by atoms with E-state index in [0.29, 0.717) is 23.5 Å². The SMILES string of the molecule is CC(C)C(C)NC(=O)c1ccccc1C#CCCO. The Bertz CT molecular complexity index is 483. The highest BCUT2D eigenvalue weighted by Crippen LogP contribution is 2.09. The zero-order chi connectivity index (χ0) is 14.3. The van der Waals surface area contributed by atoms with E-state index in [1.807, 2.05) is 25.1 Å². The molecule has 1 rings (SSSR count). The van der Waals surface area contributed by atoms with Crippen molar-refractivity contribution in [2.24, 2.45) is 5.92 Å². The zero-order valence-corrected chi connectivity index (χ0v) is 11.7. The minimum absolute atomic E-state index is 0.0335. The number of hydrogen-bond acceptors (Lipinski definition) is 2. The third-order valence-electron chi connectivity index (χ3n) is 2.99. The molecule has 0 aliphatic rings. The first-order valence-electron chi connectivity index (χ1n) is 6.56. The van der Waals surface area contributed by atoms with E-state index in [9.17, 15) is 4.79 Å². The molecule has 1 unspecified atom stereocenters. The molecule has 1 atom stereocenters. The number of aliphatic hydroxyl groups excluding tert-OH is 1. The predicted molar refractivity (Wildman–Crippen MR) is 76.8 cm³/mol. The first kappa shape index (κ1) is 15.3. The van der Waals surface area contributed by atoms with Crippen LogP contribution in [0.25, 0.3) is 0 Å². The van der Waals surface area contributed by atoms with Crippen molar-refractivity contribution in [1.82, 2.24) is 5.32 Å². The summed E-state index contributed by atoms with van der Waals surface area (Å²) >= 11 is 0. The number of amides is 1. The van der Waals surface area contributed by atoms with Crippen molar-refractivity contribution in [3.05, 3.63) is 35.4 Å². The second kappa shape index (κ2) is 7.60. The molecule has 0 bridgehead atoms. The van der Waals surface area contributed by atoms with Gasteiger partial charge in [-0.2, -0.15) is 0 Å². The summed E-state index contributed by atoms with van der Waals surface area (Å²) in [5.74, 6) is 6.05. The average molecular weight is 259 g/mol. The smallest absolute Gasteiger partial charge is 0.252 e. The van der Waals surface area contributed by atoms with Crippen LogP contribution in [0.3, 0.4) is 0 Å². The lowest BCUT2D eigenvalue weighted by atomic mass is 10.0. The summed E-state index contributed by atoms with van der Waals surface area (Å²) < 4.78 is 0. The summed E-state index contributed by atoms with van der Waals surface area (Å²) in [5.41, 5.74) is 1.28. The van der Waals surface area contributed by atoms with Crippen molar-refractivity contribution in [2.75, 3.05) is 6.61 Å². The summed E-state index contributed by atoms with van der Waals surface area (Å²) in [5, 5.41) is 11.7. The van der Waals surface area contributed by atoms with Gasteiger partial charge in [-0.3, -0.25) is 4.79 Å². The molecule has 3 nitrogen and oxygen atoms in total. The van der Waals surface area contributed by atoms with Crippen molar-refractivity contribution in [3.8, 4) is 11.8 Å².